The highest BCUT2D eigenvalue weighted by Crippen LogP contribution is 2.29. The lowest BCUT2D eigenvalue weighted by molar-refractivity contribution is 0.355. The molecule has 0 aliphatic heterocycles. The van der Waals surface area contributed by atoms with Crippen LogP contribution in [-0.4, -0.2) is 36.9 Å². The zero-order chi connectivity index (χ0) is 16.7. The number of nitrogens with zero attached hydrogens (tertiary/aromatic N) is 2. The summed E-state index contributed by atoms with van der Waals surface area (Å²) < 4.78 is 10.5. The highest BCUT2D eigenvalue weighted by molar-refractivity contribution is 5.92. The Labute approximate surface area is 135 Å². The van der Waals surface area contributed by atoms with Crippen molar-refractivity contribution in [2.24, 2.45) is 10.7 Å². The number of guanidine groups is 1. The fraction of sp³-hybridized carbons (Fsp3) is 0.375. The zero-order valence-corrected chi connectivity index (χ0v) is 13.7. The Kier molecular flexibility index (Phi) is 5.85. The van der Waals surface area contributed by atoms with Gasteiger partial charge in [-0.3, -0.25) is 10.1 Å². The lowest BCUT2D eigenvalue weighted by Gasteiger charge is -2.10. The molecule has 1 aromatic heterocycles. The number of rotatable bonds is 7. The van der Waals surface area contributed by atoms with E-state index >= 15 is 0 Å². The first-order valence-corrected chi connectivity index (χ1v) is 7.42. The number of methoxy groups -OCH3 is 2. The number of benzene rings is 1. The summed E-state index contributed by atoms with van der Waals surface area (Å²) in [4.78, 5) is 4.33. The van der Waals surface area contributed by atoms with Crippen LogP contribution in [0.15, 0.2) is 29.4 Å². The van der Waals surface area contributed by atoms with Crippen LogP contribution in [0.2, 0.25) is 0 Å². The van der Waals surface area contributed by atoms with Gasteiger partial charge in [0, 0.05) is 24.0 Å². The largest absolute Gasteiger partial charge is 0.493 e. The molecule has 0 amide bonds. The maximum Gasteiger partial charge on any atom is 0.193 e. The summed E-state index contributed by atoms with van der Waals surface area (Å²) in [5.74, 6) is 1.69. The van der Waals surface area contributed by atoms with E-state index in [1.807, 2.05) is 31.3 Å². The number of anilines is 1. The summed E-state index contributed by atoms with van der Waals surface area (Å²) in [6, 6.07) is 5.49. The van der Waals surface area contributed by atoms with Crippen LogP contribution in [0.25, 0.3) is 0 Å². The quantitative estimate of drug-likeness (QED) is 0.413. The molecule has 2 rings (SSSR count). The second kappa shape index (κ2) is 8.07. The Morgan fingerprint density at radius 1 is 1.30 bits per heavy atom. The van der Waals surface area contributed by atoms with Crippen molar-refractivity contribution in [3.63, 3.8) is 0 Å². The van der Waals surface area contributed by atoms with Gasteiger partial charge in [0.25, 0.3) is 0 Å². The molecular weight excluding hydrogens is 294 g/mol. The number of aryl methyl sites for hydroxylation is 2. The highest BCUT2D eigenvalue weighted by Gasteiger charge is 2.05. The molecule has 0 radical (unpaired) electrons. The van der Waals surface area contributed by atoms with Gasteiger partial charge in [-0.05, 0) is 37.5 Å². The normalized spacial score (nSPS) is 11.3. The molecule has 124 valence electrons. The third kappa shape index (κ3) is 4.64. The molecule has 0 unspecified atom stereocenters. The first-order chi connectivity index (χ1) is 11.1. The summed E-state index contributed by atoms with van der Waals surface area (Å²) in [5.41, 5.74) is 9.02. The van der Waals surface area contributed by atoms with E-state index < -0.39 is 0 Å². The number of aromatic amines is 1. The van der Waals surface area contributed by atoms with E-state index in [1.165, 1.54) is 5.56 Å². The van der Waals surface area contributed by atoms with Crippen molar-refractivity contribution in [2.45, 2.75) is 19.8 Å². The smallest absolute Gasteiger partial charge is 0.193 e. The van der Waals surface area contributed by atoms with E-state index in [0.29, 0.717) is 24.0 Å². The van der Waals surface area contributed by atoms with Crippen LogP contribution < -0.4 is 20.5 Å². The van der Waals surface area contributed by atoms with E-state index in [-0.39, 0.29) is 0 Å². The number of hydrogen-bond acceptors (Lipinski definition) is 4. The molecule has 1 aromatic carbocycles. The molecule has 1 heterocycles. The van der Waals surface area contributed by atoms with Gasteiger partial charge in [-0.25, -0.2) is 0 Å². The van der Waals surface area contributed by atoms with Gasteiger partial charge in [-0.15, -0.1) is 0 Å². The van der Waals surface area contributed by atoms with Gasteiger partial charge in [-0.1, -0.05) is 0 Å². The zero-order valence-electron chi connectivity index (χ0n) is 13.7. The number of nitrogens with two attached hydrogens (primary N) is 1. The van der Waals surface area contributed by atoms with E-state index in [2.05, 4.69) is 20.5 Å². The van der Waals surface area contributed by atoms with Gasteiger partial charge < -0.3 is 20.5 Å². The van der Waals surface area contributed by atoms with Gasteiger partial charge in [0.2, 0.25) is 0 Å². The fourth-order valence-electron chi connectivity index (χ4n) is 2.20. The van der Waals surface area contributed by atoms with Crippen LogP contribution >= 0.6 is 0 Å². The van der Waals surface area contributed by atoms with Gasteiger partial charge in [-0.2, -0.15) is 5.10 Å². The minimum atomic E-state index is 0.376. The first kappa shape index (κ1) is 16.7. The third-order valence-electron chi connectivity index (χ3n) is 3.48. The summed E-state index contributed by atoms with van der Waals surface area (Å²) >= 11 is 0. The van der Waals surface area contributed by atoms with Crippen molar-refractivity contribution in [3.05, 3.63) is 35.7 Å². The molecule has 2 aromatic rings. The molecule has 0 saturated carbocycles. The third-order valence-corrected chi connectivity index (χ3v) is 3.48. The van der Waals surface area contributed by atoms with E-state index in [0.717, 1.165) is 24.2 Å². The van der Waals surface area contributed by atoms with Crippen LogP contribution in [0.5, 0.6) is 11.5 Å². The highest BCUT2D eigenvalue weighted by atomic mass is 16.5. The maximum atomic E-state index is 5.91. The first-order valence-electron chi connectivity index (χ1n) is 7.42. The van der Waals surface area contributed by atoms with Crippen LogP contribution in [0.3, 0.4) is 0 Å². The lowest BCUT2D eigenvalue weighted by Crippen LogP contribution is -2.22. The monoisotopic (exact) mass is 317 g/mol. The van der Waals surface area contributed by atoms with Crippen molar-refractivity contribution in [2.75, 3.05) is 26.1 Å². The molecule has 7 heteroatoms. The number of aromatic nitrogens is 2. The Morgan fingerprint density at radius 3 is 2.74 bits per heavy atom. The van der Waals surface area contributed by atoms with Crippen molar-refractivity contribution in [1.29, 1.82) is 0 Å². The molecule has 0 atom stereocenters. The molecule has 23 heavy (non-hydrogen) atoms. The molecule has 7 nitrogen and oxygen atoms in total. The summed E-state index contributed by atoms with van der Waals surface area (Å²) in [5, 5.41) is 9.97. The number of ether oxygens (including phenoxy) is 2. The predicted octanol–water partition coefficient (Wildman–Crippen LogP) is 2.09. The number of H-pyrrole nitrogens is 1. The van der Waals surface area contributed by atoms with Crippen LogP contribution in [-0.2, 0) is 6.42 Å². The van der Waals surface area contributed by atoms with Gasteiger partial charge >= 0.3 is 0 Å². The van der Waals surface area contributed by atoms with Gasteiger partial charge in [0.15, 0.2) is 17.5 Å². The number of nitrogens with one attached hydrogen (secondary N) is 2. The Morgan fingerprint density at radius 2 is 2.09 bits per heavy atom. The standard InChI is InChI=1S/C16H23N5O2/c1-11-12(10-19-21-11)5-4-8-18-16(17)20-13-6-7-14(22-2)15(9-13)23-3/h6-7,9-10H,4-5,8H2,1-3H3,(H,19,21)(H3,17,18,20). The number of aliphatic imine (C=N–C) groups is 1. The predicted molar refractivity (Wildman–Crippen MR) is 91.3 cm³/mol. The molecule has 0 saturated heterocycles. The second-order valence-corrected chi connectivity index (χ2v) is 5.09. The van der Waals surface area contributed by atoms with Gasteiger partial charge in [0.1, 0.15) is 0 Å². The van der Waals surface area contributed by atoms with Crippen molar-refractivity contribution in [1.82, 2.24) is 10.2 Å². The molecule has 4 N–H and O–H groups in total. The molecular formula is C16H23N5O2. The SMILES string of the molecule is COc1ccc(NC(N)=NCCCc2cn[nH]c2C)cc1OC. The Bertz CT molecular complexity index is 666. The number of hydrogen-bond donors (Lipinski definition) is 3. The van der Waals surface area contributed by atoms with Crippen LogP contribution in [0.1, 0.15) is 17.7 Å². The Hall–Kier alpha value is -2.70. The average molecular weight is 317 g/mol. The topological polar surface area (TPSA) is 97.5 Å². The average Bonchev–Trinajstić information content (AvgIpc) is 2.96. The van der Waals surface area contributed by atoms with Crippen molar-refractivity contribution >= 4 is 11.6 Å². The molecule has 0 aliphatic rings. The molecule has 0 aliphatic carbocycles. The summed E-state index contributed by atoms with van der Waals surface area (Å²) in [6.07, 6.45) is 3.69. The van der Waals surface area contributed by atoms with Gasteiger partial charge in [0.05, 0.1) is 20.4 Å². The van der Waals surface area contributed by atoms with Crippen molar-refractivity contribution < 1.29 is 9.47 Å². The summed E-state index contributed by atoms with van der Waals surface area (Å²) in [7, 11) is 3.19. The fourth-order valence-corrected chi connectivity index (χ4v) is 2.20. The summed E-state index contributed by atoms with van der Waals surface area (Å²) in [6.45, 7) is 2.66. The minimum absolute atomic E-state index is 0.376. The second-order valence-electron chi connectivity index (χ2n) is 5.09. The minimum Gasteiger partial charge on any atom is -0.493 e. The van der Waals surface area contributed by atoms with E-state index in [1.54, 1.807) is 14.2 Å². The maximum absolute atomic E-state index is 5.91. The van der Waals surface area contributed by atoms with Crippen molar-refractivity contribution in [3.8, 4) is 11.5 Å². The molecule has 0 spiro atoms. The van der Waals surface area contributed by atoms with E-state index in [9.17, 15) is 0 Å². The lowest BCUT2D eigenvalue weighted by atomic mass is 10.1. The van der Waals surface area contributed by atoms with E-state index in [4.69, 9.17) is 15.2 Å². The molecule has 0 bridgehead atoms. The Balaban J connectivity index is 1.86. The van der Waals surface area contributed by atoms with Crippen LogP contribution in [0, 0.1) is 6.92 Å². The van der Waals surface area contributed by atoms with Crippen LogP contribution in [0.4, 0.5) is 5.69 Å². The molecule has 0 fully saturated rings.